The average Bonchev–Trinajstić information content (AvgIpc) is 3.42. The van der Waals surface area contributed by atoms with E-state index in [1.165, 1.54) is 167 Å². The number of rotatable bonds is 58. The van der Waals surface area contributed by atoms with Crippen LogP contribution in [0.2, 0.25) is 0 Å². The fourth-order valence-electron chi connectivity index (χ4n) is 8.96. The lowest BCUT2D eigenvalue weighted by Gasteiger charge is -2.15. The molecule has 0 aromatic carbocycles. The summed E-state index contributed by atoms with van der Waals surface area (Å²) in [5, 5.41) is 9.67. The van der Waals surface area contributed by atoms with Crippen LogP contribution in [0.15, 0.2) is 122 Å². The number of aliphatic hydroxyl groups is 1. The summed E-state index contributed by atoms with van der Waals surface area (Å²) in [6.07, 6.45) is 96.3. The Kier molecular flexibility index (Phi) is 62.4. The summed E-state index contributed by atoms with van der Waals surface area (Å²) in [6, 6.07) is 0. The highest BCUT2D eigenvalue weighted by Crippen LogP contribution is 2.17. The summed E-state index contributed by atoms with van der Waals surface area (Å²) >= 11 is 0. The molecule has 0 amide bonds. The van der Waals surface area contributed by atoms with Crippen LogP contribution in [0.5, 0.6) is 0 Å². The largest absolute Gasteiger partial charge is 0.462 e. The van der Waals surface area contributed by atoms with Gasteiger partial charge in [0.2, 0.25) is 0 Å². The number of carbonyl (C=O) groups excluding carboxylic acids is 2. The Balaban J connectivity index is 3.51. The zero-order chi connectivity index (χ0) is 54.8. The molecule has 0 aromatic rings. The van der Waals surface area contributed by atoms with Crippen molar-refractivity contribution in [1.29, 1.82) is 0 Å². The summed E-state index contributed by atoms with van der Waals surface area (Å²) in [6.45, 7) is 4.00. The van der Waals surface area contributed by atoms with Gasteiger partial charge in [-0.15, -0.1) is 0 Å². The zero-order valence-electron chi connectivity index (χ0n) is 49.7. The SMILES string of the molecule is CC/C=C\C/C=C\C/C=C\C/C=C\C/C=C\C/C=C\C/C=C\CCCCCC(=O)OC(CO)COC(=O)CCCCCCCCCCCCCCCCCCCCCCCC/C=C\C/C=C\C/C=C\CCCCCCC. The fourth-order valence-corrected chi connectivity index (χ4v) is 8.96. The second kappa shape index (κ2) is 65.6. The van der Waals surface area contributed by atoms with Gasteiger partial charge in [-0.1, -0.05) is 296 Å². The molecule has 0 saturated carbocycles. The van der Waals surface area contributed by atoms with Gasteiger partial charge in [0.05, 0.1) is 6.61 Å². The van der Waals surface area contributed by atoms with E-state index in [0.717, 1.165) is 103 Å². The third-order valence-electron chi connectivity index (χ3n) is 13.7. The van der Waals surface area contributed by atoms with Gasteiger partial charge in [-0.2, -0.15) is 0 Å². The van der Waals surface area contributed by atoms with Gasteiger partial charge in [0.15, 0.2) is 6.10 Å². The van der Waals surface area contributed by atoms with E-state index < -0.39 is 6.10 Å². The van der Waals surface area contributed by atoms with Gasteiger partial charge in [0.25, 0.3) is 0 Å². The molecule has 76 heavy (non-hydrogen) atoms. The Morgan fingerprint density at radius 3 is 0.868 bits per heavy atom. The average molecular weight is 1050 g/mol. The van der Waals surface area contributed by atoms with Crippen LogP contribution in [0.3, 0.4) is 0 Å². The highest BCUT2D eigenvalue weighted by atomic mass is 16.6. The van der Waals surface area contributed by atoms with Crippen LogP contribution in [0, 0.1) is 0 Å². The lowest BCUT2D eigenvalue weighted by Crippen LogP contribution is -2.28. The molecule has 1 atom stereocenters. The number of allylic oxidation sites excluding steroid dienone is 20. The highest BCUT2D eigenvalue weighted by Gasteiger charge is 2.16. The topological polar surface area (TPSA) is 72.8 Å². The molecule has 0 fully saturated rings. The smallest absolute Gasteiger partial charge is 0.306 e. The van der Waals surface area contributed by atoms with Crippen molar-refractivity contribution in [3.05, 3.63) is 122 Å². The van der Waals surface area contributed by atoms with Crippen molar-refractivity contribution in [3.8, 4) is 0 Å². The van der Waals surface area contributed by atoms with Crippen molar-refractivity contribution in [2.24, 2.45) is 0 Å². The molecular formula is C71H120O5. The predicted molar refractivity (Wildman–Crippen MR) is 334 cm³/mol. The van der Waals surface area contributed by atoms with Gasteiger partial charge in [-0.25, -0.2) is 0 Å². The van der Waals surface area contributed by atoms with Crippen LogP contribution in [-0.4, -0.2) is 36.4 Å². The normalized spacial score (nSPS) is 13.0. The van der Waals surface area contributed by atoms with E-state index in [2.05, 4.69) is 135 Å². The van der Waals surface area contributed by atoms with Crippen LogP contribution in [0.1, 0.15) is 296 Å². The van der Waals surface area contributed by atoms with Crippen molar-refractivity contribution in [1.82, 2.24) is 0 Å². The second-order valence-corrected chi connectivity index (χ2v) is 21.1. The zero-order valence-corrected chi connectivity index (χ0v) is 49.7. The van der Waals surface area contributed by atoms with E-state index in [9.17, 15) is 14.7 Å². The Hall–Kier alpha value is -3.70. The van der Waals surface area contributed by atoms with Crippen molar-refractivity contribution < 1.29 is 24.2 Å². The number of carbonyl (C=O) groups is 2. The van der Waals surface area contributed by atoms with Crippen LogP contribution < -0.4 is 0 Å². The third-order valence-corrected chi connectivity index (χ3v) is 13.7. The lowest BCUT2D eigenvalue weighted by molar-refractivity contribution is -0.161. The second-order valence-electron chi connectivity index (χ2n) is 21.1. The van der Waals surface area contributed by atoms with E-state index in [1.54, 1.807) is 0 Å². The van der Waals surface area contributed by atoms with E-state index in [1.807, 2.05) is 0 Å². The quantitative estimate of drug-likeness (QED) is 0.0373. The van der Waals surface area contributed by atoms with Crippen molar-refractivity contribution in [2.45, 2.75) is 302 Å². The molecule has 0 radical (unpaired) electrons. The first kappa shape index (κ1) is 72.3. The number of hydrogen-bond donors (Lipinski definition) is 1. The summed E-state index contributed by atoms with van der Waals surface area (Å²) in [7, 11) is 0. The Bertz CT molecular complexity index is 1520. The maximum atomic E-state index is 12.3. The number of esters is 2. The molecule has 0 aliphatic heterocycles. The van der Waals surface area contributed by atoms with Gasteiger partial charge in [-0.3, -0.25) is 9.59 Å². The predicted octanol–water partition coefficient (Wildman–Crippen LogP) is 22.2. The molecule has 0 rings (SSSR count). The molecule has 0 spiro atoms. The van der Waals surface area contributed by atoms with Gasteiger partial charge in [-0.05, 0) is 109 Å². The van der Waals surface area contributed by atoms with Gasteiger partial charge >= 0.3 is 11.9 Å². The first-order valence-corrected chi connectivity index (χ1v) is 32.1. The van der Waals surface area contributed by atoms with E-state index in [4.69, 9.17) is 9.47 Å². The number of ether oxygens (including phenoxy) is 2. The van der Waals surface area contributed by atoms with Crippen LogP contribution in [-0.2, 0) is 19.1 Å². The summed E-state index contributed by atoms with van der Waals surface area (Å²) in [4.78, 5) is 24.6. The van der Waals surface area contributed by atoms with Crippen LogP contribution >= 0.6 is 0 Å². The molecule has 0 aliphatic rings. The van der Waals surface area contributed by atoms with E-state index >= 15 is 0 Å². The monoisotopic (exact) mass is 1050 g/mol. The van der Waals surface area contributed by atoms with Crippen molar-refractivity contribution >= 4 is 11.9 Å². The molecule has 1 N–H and O–H groups in total. The van der Waals surface area contributed by atoms with Gasteiger partial charge < -0.3 is 14.6 Å². The number of unbranched alkanes of at least 4 members (excludes halogenated alkanes) is 30. The number of aliphatic hydroxyl groups excluding tert-OH is 1. The summed E-state index contributed by atoms with van der Waals surface area (Å²) in [5.41, 5.74) is 0. The maximum Gasteiger partial charge on any atom is 0.306 e. The molecule has 0 aliphatic carbocycles. The molecule has 5 nitrogen and oxygen atoms in total. The van der Waals surface area contributed by atoms with Gasteiger partial charge in [0, 0.05) is 12.8 Å². The van der Waals surface area contributed by atoms with Crippen molar-refractivity contribution in [2.75, 3.05) is 13.2 Å². The van der Waals surface area contributed by atoms with Crippen LogP contribution in [0.25, 0.3) is 0 Å². The lowest BCUT2D eigenvalue weighted by atomic mass is 10.0. The Morgan fingerprint density at radius 1 is 0.316 bits per heavy atom. The third kappa shape index (κ3) is 62.8. The molecular weight excluding hydrogens is 933 g/mol. The first-order valence-electron chi connectivity index (χ1n) is 32.1. The minimum Gasteiger partial charge on any atom is -0.462 e. The summed E-state index contributed by atoms with van der Waals surface area (Å²) in [5.74, 6) is -0.627. The van der Waals surface area contributed by atoms with Crippen molar-refractivity contribution in [3.63, 3.8) is 0 Å². The maximum absolute atomic E-state index is 12.3. The standard InChI is InChI=1S/C71H120O5/c1-3-5-7-9-11-13-15-17-19-21-23-25-27-29-30-31-32-33-34-35-36-37-38-39-40-42-43-45-47-49-51-53-55-57-59-61-63-65-70(73)75-68-69(67-72)76-71(74)66-64-62-60-58-56-54-52-50-48-46-44-41-28-26-24-22-20-18-16-14-12-10-8-6-4-2/h6,8,12,14-15,17-18,20-21,23-24,26-27,29,41,44,48,50,54,56,69,72H,3-5,7,9-11,13,16,19,22,25,28,30-40,42-43,45-47,49,51-53,55,57-68H2,1-2H3/b8-6-,14-12-,17-15-,20-18-,23-21-,26-24-,29-27-,44-41-,50-48-,56-54-. The van der Waals surface area contributed by atoms with Crippen LogP contribution in [0.4, 0.5) is 0 Å². The minimum absolute atomic E-state index is 0.0841. The molecule has 1 unspecified atom stereocenters. The molecule has 0 aromatic heterocycles. The van der Waals surface area contributed by atoms with Gasteiger partial charge in [0.1, 0.15) is 6.61 Å². The van der Waals surface area contributed by atoms with E-state index in [-0.39, 0.29) is 25.2 Å². The Labute approximate surface area is 471 Å². The summed E-state index contributed by atoms with van der Waals surface area (Å²) < 4.78 is 10.7. The van der Waals surface area contributed by atoms with E-state index in [0.29, 0.717) is 12.8 Å². The molecule has 0 bridgehead atoms. The molecule has 434 valence electrons. The molecule has 0 heterocycles. The highest BCUT2D eigenvalue weighted by molar-refractivity contribution is 5.70. The molecule has 5 heteroatoms. The molecule has 0 saturated heterocycles. The fraction of sp³-hybridized carbons (Fsp3) is 0.690. The Morgan fingerprint density at radius 2 is 0.566 bits per heavy atom. The minimum atomic E-state index is -0.798. The first-order chi connectivity index (χ1) is 37.6. The number of hydrogen-bond acceptors (Lipinski definition) is 5.